The maximum absolute atomic E-state index is 12.7. The second kappa shape index (κ2) is 7.79. The van der Waals surface area contributed by atoms with Crippen LogP contribution in [0.3, 0.4) is 0 Å². The lowest BCUT2D eigenvalue weighted by Gasteiger charge is -2.16. The number of benzene rings is 1. The number of aromatic hydroxyl groups is 1. The molecule has 1 aromatic carbocycles. The number of carbonyl (C=O) groups is 2. The SMILES string of the molecule is CCOC(=O)C1=C(C)N(CCOC)C(=O)/C1=C/c1ccccc1O. The van der Waals surface area contributed by atoms with Gasteiger partial charge < -0.3 is 19.5 Å². The molecule has 0 spiro atoms. The van der Waals surface area contributed by atoms with Crippen LogP contribution >= 0.6 is 0 Å². The maximum atomic E-state index is 12.7. The van der Waals surface area contributed by atoms with Crippen LogP contribution in [0.5, 0.6) is 5.75 Å². The van der Waals surface area contributed by atoms with E-state index >= 15 is 0 Å². The van der Waals surface area contributed by atoms with Gasteiger partial charge in [-0.05, 0) is 26.0 Å². The van der Waals surface area contributed by atoms with Gasteiger partial charge >= 0.3 is 5.97 Å². The summed E-state index contributed by atoms with van der Waals surface area (Å²) in [6, 6.07) is 6.63. The molecular weight excluding hydrogens is 310 g/mol. The molecule has 0 saturated carbocycles. The van der Waals surface area contributed by atoms with Crippen LogP contribution in [0.4, 0.5) is 0 Å². The van der Waals surface area contributed by atoms with Crippen molar-refractivity contribution in [2.45, 2.75) is 13.8 Å². The summed E-state index contributed by atoms with van der Waals surface area (Å²) in [6.45, 7) is 4.31. The number of rotatable bonds is 6. The lowest BCUT2D eigenvalue weighted by Crippen LogP contribution is -2.28. The first kappa shape index (κ1) is 17.7. The summed E-state index contributed by atoms with van der Waals surface area (Å²) in [4.78, 5) is 26.5. The van der Waals surface area contributed by atoms with E-state index in [9.17, 15) is 14.7 Å². The van der Waals surface area contributed by atoms with Gasteiger partial charge in [-0.2, -0.15) is 0 Å². The van der Waals surface area contributed by atoms with Crippen molar-refractivity contribution in [3.63, 3.8) is 0 Å². The first-order valence-electron chi connectivity index (χ1n) is 7.70. The van der Waals surface area contributed by atoms with Crippen molar-refractivity contribution < 1.29 is 24.2 Å². The number of phenolic OH excluding ortho intramolecular Hbond substituents is 1. The topological polar surface area (TPSA) is 76.1 Å². The Kier molecular flexibility index (Phi) is 5.76. The van der Waals surface area contributed by atoms with Crippen LogP contribution < -0.4 is 0 Å². The third kappa shape index (κ3) is 3.49. The molecule has 0 aliphatic carbocycles. The Hall–Kier alpha value is -2.60. The molecule has 0 unspecified atom stereocenters. The summed E-state index contributed by atoms with van der Waals surface area (Å²) in [7, 11) is 1.55. The van der Waals surface area contributed by atoms with Gasteiger partial charge in [-0.15, -0.1) is 0 Å². The molecule has 1 amide bonds. The fourth-order valence-electron chi connectivity index (χ4n) is 2.55. The van der Waals surface area contributed by atoms with Crippen molar-refractivity contribution in [1.82, 2.24) is 4.90 Å². The molecule has 1 heterocycles. The van der Waals surface area contributed by atoms with Gasteiger partial charge in [0.15, 0.2) is 0 Å². The van der Waals surface area contributed by atoms with Crippen molar-refractivity contribution in [2.24, 2.45) is 0 Å². The van der Waals surface area contributed by atoms with E-state index in [2.05, 4.69) is 0 Å². The minimum Gasteiger partial charge on any atom is -0.507 e. The van der Waals surface area contributed by atoms with Crippen molar-refractivity contribution in [2.75, 3.05) is 26.9 Å². The fourth-order valence-corrected chi connectivity index (χ4v) is 2.55. The molecule has 6 nitrogen and oxygen atoms in total. The van der Waals surface area contributed by atoms with E-state index in [1.165, 1.54) is 17.0 Å². The Morgan fingerprint density at radius 2 is 2.04 bits per heavy atom. The Balaban J connectivity index is 2.49. The molecule has 2 rings (SSSR count). The standard InChI is InChI=1S/C18H21NO5/c1-4-24-18(22)16-12(2)19(9-10-23-3)17(21)14(16)11-13-7-5-6-8-15(13)20/h5-8,11,20H,4,9-10H2,1-3H3/b14-11+. The van der Waals surface area contributed by atoms with Gasteiger partial charge in [0, 0.05) is 24.9 Å². The number of methoxy groups -OCH3 is 1. The summed E-state index contributed by atoms with van der Waals surface area (Å²) in [5.41, 5.74) is 1.42. The van der Waals surface area contributed by atoms with Gasteiger partial charge in [-0.1, -0.05) is 18.2 Å². The molecule has 0 fully saturated rings. The molecule has 0 atom stereocenters. The summed E-state index contributed by atoms with van der Waals surface area (Å²) in [5.74, 6) is -0.824. The van der Waals surface area contributed by atoms with Crippen molar-refractivity contribution in [1.29, 1.82) is 0 Å². The predicted molar refractivity (Wildman–Crippen MR) is 89.0 cm³/mol. The Morgan fingerprint density at radius 1 is 1.33 bits per heavy atom. The van der Waals surface area contributed by atoms with Crippen LogP contribution in [0.15, 0.2) is 41.1 Å². The molecule has 1 aromatic rings. The smallest absolute Gasteiger partial charge is 0.340 e. The highest BCUT2D eigenvalue weighted by Gasteiger charge is 2.37. The average Bonchev–Trinajstić information content (AvgIpc) is 2.78. The second-order valence-corrected chi connectivity index (χ2v) is 5.25. The van der Waals surface area contributed by atoms with Gasteiger partial charge in [-0.25, -0.2) is 4.79 Å². The van der Waals surface area contributed by atoms with Crippen LogP contribution in [0.2, 0.25) is 0 Å². The van der Waals surface area contributed by atoms with E-state index in [0.717, 1.165) is 0 Å². The van der Waals surface area contributed by atoms with E-state index < -0.39 is 5.97 Å². The van der Waals surface area contributed by atoms with E-state index in [-0.39, 0.29) is 29.4 Å². The third-order valence-electron chi connectivity index (χ3n) is 3.75. The molecule has 128 valence electrons. The lowest BCUT2D eigenvalue weighted by molar-refractivity contribution is -0.138. The third-order valence-corrected chi connectivity index (χ3v) is 3.75. The molecule has 0 aromatic heterocycles. The summed E-state index contributed by atoms with van der Waals surface area (Å²) >= 11 is 0. The van der Waals surface area contributed by atoms with Crippen molar-refractivity contribution in [3.05, 3.63) is 46.7 Å². The van der Waals surface area contributed by atoms with Crippen molar-refractivity contribution in [3.8, 4) is 5.75 Å². The quantitative estimate of drug-likeness (QED) is 0.638. The minimum absolute atomic E-state index is 0.0361. The van der Waals surface area contributed by atoms with Crippen LogP contribution in [0.25, 0.3) is 6.08 Å². The average molecular weight is 331 g/mol. The van der Waals surface area contributed by atoms with Gasteiger partial charge in [-0.3, -0.25) is 4.79 Å². The zero-order valence-electron chi connectivity index (χ0n) is 14.0. The number of phenols is 1. The molecule has 1 aliphatic heterocycles. The monoisotopic (exact) mass is 331 g/mol. The number of amides is 1. The zero-order chi connectivity index (χ0) is 17.7. The second-order valence-electron chi connectivity index (χ2n) is 5.25. The summed E-state index contributed by atoms with van der Waals surface area (Å²) < 4.78 is 10.1. The molecule has 6 heteroatoms. The highest BCUT2D eigenvalue weighted by atomic mass is 16.5. The van der Waals surface area contributed by atoms with Gasteiger partial charge in [0.1, 0.15) is 5.75 Å². The maximum Gasteiger partial charge on any atom is 0.340 e. The predicted octanol–water partition coefficient (Wildman–Crippen LogP) is 2.10. The van der Waals surface area contributed by atoms with Crippen LogP contribution in [-0.2, 0) is 19.1 Å². The van der Waals surface area contributed by atoms with E-state index in [4.69, 9.17) is 9.47 Å². The number of hydrogen-bond acceptors (Lipinski definition) is 5. The summed E-state index contributed by atoms with van der Waals surface area (Å²) in [6.07, 6.45) is 1.51. The number of hydrogen-bond donors (Lipinski definition) is 1. The van der Waals surface area contributed by atoms with E-state index in [1.54, 1.807) is 39.2 Å². The number of esters is 1. The van der Waals surface area contributed by atoms with Gasteiger partial charge in [0.05, 0.1) is 24.4 Å². The molecule has 0 bridgehead atoms. The lowest BCUT2D eigenvalue weighted by atomic mass is 10.0. The normalized spacial score (nSPS) is 16.2. The largest absolute Gasteiger partial charge is 0.507 e. The Bertz CT molecular complexity index is 705. The molecular formula is C18H21NO5. The highest BCUT2D eigenvalue weighted by molar-refractivity contribution is 6.16. The first-order valence-corrected chi connectivity index (χ1v) is 7.70. The van der Waals surface area contributed by atoms with Gasteiger partial charge in [0.2, 0.25) is 0 Å². The molecule has 0 saturated heterocycles. The van der Waals surface area contributed by atoms with E-state index in [0.29, 0.717) is 24.4 Å². The van der Waals surface area contributed by atoms with Gasteiger partial charge in [0.25, 0.3) is 5.91 Å². The Labute approximate surface area is 141 Å². The minimum atomic E-state index is -0.551. The number of para-hydroxylation sites is 1. The first-order chi connectivity index (χ1) is 11.5. The highest BCUT2D eigenvalue weighted by Crippen LogP contribution is 2.32. The zero-order valence-corrected chi connectivity index (χ0v) is 14.0. The van der Waals surface area contributed by atoms with Crippen molar-refractivity contribution >= 4 is 18.0 Å². The number of allylic oxidation sites excluding steroid dienone is 1. The Morgan fingerprint density at radius 3 is 2.67 bits per heavy atom. The number of carbonyl (C=O) groups excluding carboxylic acids is 2. The molecule has 0 radical (unpaired) electrons. The van der Waals surface area contributed by atoms with E-state index in [1.807, 2.05) is 0 Å². The fraction of sp³-hybridized carbons (Fsp3) is 0.333. The summed E-state index contributed by atoms with van der Waals surface area (Å²) in [5, 5.41) is 9.94. The van der Waals surface area contributed by atoms with Crippen LogP contribution in [0, 0.1) is 0 Å². The number of ether oxygens (including phenoxy) is 2. The number of nitrogens with zero attached hydrogens (tertiary/aromatic N) is 1. The van der Waals surface area contributed by atoms with Crippen LogP contribution in [0.1, 0.15) is 19.4 Å². The van der Waals surface area contributed by atoms with Crippen LogP contribution in [-0.4, -0.2) is 48.8 Å². The molecule has 1 N–H and O–H groups in total. The molecule has 1 aliphatic rings. The molecule has 24 heavy (non-hydrogen) atoms.